The quantitative estimate of drug-likeness (QED) is 0.399. The van der Waals surface area contributed by atoms with Crippen LogP contribution in [0.25, 0.3) is 0 Å². The van der Waals surface area contributed by atoms with Gasteiger partial charge in [0.05, 0.1) is 20.9 Å². The number of nitrogens with zero attached hydrogens (tertiary/aromatic N) is 2. The molecule has 6 nitrogen and oxygen atoms in total. The van der Waals surface area contributed by atoms with Crippen molar-refractivity contribution in [3.05, 3.63) is 57.5 Å². The van der Waals surface area contributed by atoms with E-state index in [4.69, 9.17) is 34.8 Å². The summed E-state index contributed by atoms with van der Waals surface area (Å²) in [5, 5.41) is 0.753. The second-order valence-electron chi connectivity index (χ2n) is 8.74. The number of sulfone groups is 1. The minimum absolute atomic E-state index is 0.104. The highest BCUT2D eigenvalue weighted by Gasteiger charge is 2.32. The molecule has 1 aliphatic rings. The van der Waals surface area contributed by atoms with Gasteiger partial charge in [-0.1, -0.05) is 34.8 Å². The third-order valence-corrected chi connectivity index (χ3v) is 10.4. The zero-order valence-corrected chi connectivity index (χ0v) is 23.0. The maximum Gasteiger partial charge on any atom is 0.264 e. The first kappa shape index (κ1) is 27.6. The van der Waals surface area contributed by atoms with Gasteiger partial charge in [0.25, 0.3) is 10.0 Å². The fourth-order valence-electron chi connectivity index (χ4n) is 4.27. The Balaban J connectivity index is 1.81. The van der Waals surface area contributed by atoms with Crippen LogP contribution in [0.2, 0.25) is 15.1 Å². The van der Waals surface area contributed by atoms with Crippen LogP contribution in [0.3, 0.4) is 0 Å². The minimum Gasteiger partial charge on any atom is -0.302 e. The fourth-order valence-corrected chi connectivity index (χ4v) is 7.60. The summed E-state index contributed by atoms with van der Waals surface area (Å²) in [6.07, 6.45) is 4.06. The first-order valence-corrected chi connectivity index (χ1v) is 15.6. The van der Waals surface area contributed by atoms with Crippen LogP contribution >= 0.6 is 34.8 Å². The molecule has 188 valence electrons. The van der Waals surface area contributed by atoms with Gasteiger partial charge in [-0.05, 0) is 88.2 Å². The molecule has 0 N–H and O–H groups in total. The summed E-state index contributed by atoms with van der Waals surface area (Å²) in [4.78, 5) is 2.25. The van der Waals surface area contributed by atoms with E-state index in [1.807, 2.05) is 6.92 Å². The van der Waals surface area contributed by atoms with Crippen LogP contribution in [-0.4, -0.2) is 58.9 Å². The number of hydrogen-bond donors (Lipinski definition) is 0. The molecule has 1 heterocycles. The predicted octanol–water partition coefficient (Wildman–Crippen LogP) is 5.52. The standard InChI is InChI=1S/C23H29Cl3N2O4S2/c1-17(5-3-13-27-14-4-6-21(16-27)33(2,29)30)28(23-15-19(25)9-12-22(23)26)34(31,32)20-10-7-18(24)8-11-20/h7-12,15,17,21H,3-6,13-14,16H2,1-2H3/t17-,21?/m1/s1. The van der Waals surface area contributed by atoms with Crippen LogP contribution in [0.15, 0.2) is 47.4 Å². The summed E-state index contributed by atoms with van der Waals surface area (Å²) < 4.78 is 52.6. The normalized spacial score (nSPS) is 18.6. The first-order valence-electron chi connectivity index (χ1n) is 11.1. The lowest BCUT2D eigenvalue weighted by molar-refractivity contribution is 0.225. The molecule has 1 fully saturated rings. The van der Waals surface area contributed by atoms with Crippen LogP contribution < -0.4 is 4.31 Å². The van der Waals surface area contributed by atoms with Gasteiger partial charge in [-0.2, -0.15) is 0 Å². The molecule has 3 rings (SSSR count). The molecule has 1 unspecified atom stereocenters. The molecular formula is C23H29Cl3N2O4S2. The Labute approximate surface area is 217 Å². The van der Waals surface area contributed by atoms with Crippen LogP contribution in [0.4, 0.5) is 5.69 Å². The second kappa shape index (κ2) is 11.4. The van der Waals surface area contributed by atoms with E-state index in [9.17, 15) is 16.8 Å². The van der Waals surface area contributed by atoms with E-state index in [1.54, 1.807) is 18.2 Å². The van der Waals surface area contributed by atoms with Crippen molar-refractivity contribution in [1.29, 1.82) is 0 Å². The summed E-state index contributed by atoms with van der Waals surface area (Å²) >= 11 is 18.6. The van der Waals surface area contributed by atoms with E-state index < -0.39 is 25.9 Å². The molecule has 0 aliphatic carbocycles. The molecule has 0 saturated carbocycles. The average Bonchev–Trinajstić information content (AvgIpc) is 2.76. The number of anilines is 1. The largest absolute Gasteiger partial charge is 0.302 e. The van der Waals surface area contributed by atoms with Crippen LogP contribution in [0.1, 0.15) is 32.6 Å². The Morgan fingerprint density at radius 3 is 2.32 bits per heavy atom. The van der Waals surface area contributed by atoms with Gasteiger partial charge in [-0.15, -0.1) is 0 Å². The van der Waals surface area contributed by atoms with Crippen LogP contribution in [0.5, 0.6) is 0 Å². The molecule has 2 aromatic carbocycles. The van der Waals surface area contributed by atoms with Gasteiger partial charge in [0.2, 0.25) is 0 Å². The average molecular weight is 568 g/mol. The molecule has 34 heavy (non-hydrogen) atoms. The maximum atomic E-state index is 13.7. The first-order chi connectivity index (χ1) is 15.9. The van der Waals surface area contributed by atoms with Crippen molar-refractivity contribution in [2.24, 2.45) is 0 Å². The topological polar surface area (TPSA) is 74.8 Å². The lowest BCUT2D eigenvalue weighted by atomic mass is 10.1. The molecule has 1 aliphatic heterocycles. The fraction of sp³-hybridized carbons (Fsp3) is 0.478. The molecule has 2 aromatic rings. The SMILES string of the molecule is C[C@H](CCCN1CCCC(S(C)(=O)=O)C1)N(c1cc(Cl)ccc1Cl)S(=O)(=O)c1ccc(Cl)cc1. The van der Waals surface area contributed by atoms with Crippen molar-refractivity contribution >= 4 is 60.4 Å². The summed E-state index contributed by atoms with van der Waals surface area (Å²) in [7, 11) is -7.03. The van der Waals surface area contributed by atoms with E-state index >= 15 is 0 Å². The highest BCUT2D eigenvalue weighted by Crippen LogP contribution is 2.35. The third-order valence-electron chi connectivity index (χ3n) is 6.08. The van der Waals surface area contributed by atoms with Crippen molar-refractivity contribution in [1.82, 2.24) is 4.90 Å². The second-order valence-corrected chi connectivity index (χ2v) is 14.2. The van der Waals surface area contributed by atoms with Gasteiger partial charge >= 0.3 is 0 Å². The van der Waals surface area contributed by atoms with Crippen LogP contribution in [0, 0.1) is 0 Å². The molecular weight excluding hydrogens is 539 g/mol. The number of hydrogen-bond acceptors (Lipinski definition) is 5. The Morgan fingerprint density at radius 2 is 1.68 bits per heavy atom. The molecule has 0 radical (unpaired) electrons. The summed E-state index contributed by atoms with van der Waals surface area (Å²) in [6.45, 7) is 3.88. The molecule has 0 aromatic heterocycles. The number of sulfonamides is 1. The molecule has 0 bridgehead atoms. The van der Waals surface area contributed by atoms with E-state index in [-0.39, 0.29) is 15.2 Å². The number of benzene rings is 2. The van der Waals surface area contributed by atoms with Gasteiger partial charge in [-0.25, -0.2) is 16.8 Å². The minimum atomic E-state index is -3.95. The zero-order valence-electron chi connectivity index (χ0n) is 19.1. The molecule has 1 saturated heterocycles. The van der Waals surface area contributed by atoms with Gasteiger partial charge in [-0.3, -0.25) is 4.31 Å². The highest BCUT2D eigenvalue weighted by atomic mass is 35.5. The lowest BCUT2D eigenvalue weighted by Gasteiger charge is -2.34. The van der Waals surface area contributed by atoms with Gasteiger partial charge in [0.1, 0.15) is 0 Å². The molecule has 2 atom stereocenters. The number of halogens is 3. The van der Waals surface area contributed by atoms with Gasteiger partial charge < -0.3 is 4.90 Å². The number of likely N-dealkylation sites (tertiary alicyclic amines) is 1. The lowest BCUT2D eigenvalue weighted by Crippen LogP contribution is -2.43. The van der Waals surface area contributed by atoms with Crippen LogP contribution in [-0.2, 0) is 19.9 Å². The highest BCUT2D eigenvalue weighted by molar-refractivity contribution is 7.93. The molecule has 0 amide bonds. The molecule has 0 spiro atoms. The van der Waals surface area contributed by atoms with Gasteiger partial charge in [0, 0.05) is 28.9 Å². The Morgan fingerprint density at radius 1 is 1.03 bits per heavy atom. The van der Waals surface area contributed by atoms with Gasteiger partial charge in [0.15, 0.2) is 9.84 Å². The Kier molecular flexibility index (Phi) is 9.20. The summed E-state index contributed by atoms with van der Waals surface area (Å²) in [6, 6.07) is 10.3. The smallest absolute Gasteiger partial charge is 0.264 e. The summed E-state index contributed by atoms with van der Waals surface area (Å²) in [5.41, 5.74) is 0.312. The summed E-state index contributed by atoms with van der Waals surface area (Å²) in [5.74, 6) is 0. The monoisotopic (exact) mass is 566 g/mol. The van der Waals surface area contributed by atoms with Crippen molar-refractivity contribution in [3.8, 4) is 0 Å². The van der Waals surface area contributed by atoms with Crippen molar-refractivity contribution in [2.45, 2.75) is 48.8 Å². The Hall–Kier alpha value is -1.03. The third kappa shape index (κ3) is 6.80. The van der Waals surface area contributed by atoms with E-state index in [0.29, 0.717) is 48.1 Å². The maximum absolute atomic E-state index is 13.7. The van der Waals surface area contributed by atoms with E-state index in [0.717, 1.165) is 13.0 Å². The molecule has 11 heteroatoms. The van der Waals surface area contributed by atoms with Crippen molar-refractivity contribution < 1.29 is 16.8 Å². The number of piperidine rings is 1. The van der Waals surface area contributed by atoms with Crippen molar-refractivity contribution in [2.75, 3.05) is 30.2 Å². The predicted molar refractivity (Wildman–Crippen MR) is 141 cm³/mol. The Bertz CT molecular complexity index is 1210. The number of rotatable bonds is 9. The van der Waals surface area contributed by atoms with Crippen molar-refractivity contribution in [3.63, 3.8) is 0 Å². The zero-order chi connectivity index (χ0) is 25.1. The van der Waals surface area contributed by atoms with E-state index in [2.05, 4.69) is 4.90 Å². The van der Waals surface area contributed by atoms with E-state index in [1.165, 1.54) is 34.8 Å².